The normalized spacial score (nSPS) is 17.5. The zero-order chi connectivity index (χ0) is 15.4. The fraction of sp³-hybridized carbons (Fsp3) is 0.667. The summed E-state index contributed by atoms with van der Waals surface area (Å²) >= 11 is 0. The third-order valence-electron chi connectivity index (χ3n) is 4.22. The topological polar surface area (TPSA) is 65.2 Å². The lowest BCUT2D eigenvalue weighted by molar-refractivity contribution is 0.0600. The van der Waals surface area contributed by atoms with Gasteiger partial charge >= 0.3 is 0 Å². The predicted molar refractivity (Wildman–Crippen MR) is 79.7 cm³/mol. The van der Waals surface area contributed by atoms with Crippen LogP contribution in [0, 0.1) is 18.3 Å². The number of piperazine rings is 1. The van der Waals surface area contributed by atoms with Crippen molar-refractivity contribution in [2.45, 2.75) is 32.7 Å². The highest BCUT2D eigenvalue weighted by Crippen LogP contribution is 2.14. The summed E-state index contributed by atoms with van der Waals surface area (Å²) in [5.41, 5.74) is 1.57. The van der Waals surface area contributed by atoms with Crippen LogP contribution in [0.3, 0.4) is 0 Å². The molecule has 6 nitrogen and oxygen atoms in total. The van der Waals surface area contributed by atoms with Crippen molar-refractivity contribution < 1.29 is 4.79 Å². The van der Waals surface area contributed by atoms with Gasteiger partial charge in [-0.1, -0.05) is 13.3 Å². The van der Waals surface area contributed by atoms with E-state index in [2.05, 4.69) is 23.0 Å². The van der Waals surface area contributed by atoms with Gasteiger partial charge in [-0.05, 0) is 13.3 Å². The number of nitrogens with zero attached hydrogens (tertiary/aromatic N) is 5. The summed E-state index contributed by atoms with van der Waals surface area (Å²) in [6, 6.07) is 2.35. The van der Waals surface area contributed by atoms with Crippen molar-refractivity contribution in [2.24, 2.45) is 7.05 Å². The molecular weight excluding hydrogens is 266 g/mol. The van der Waals surface area contributed by atoms with Gasteiger partial charge in [0, 0.05) is 38.9 Å². The molecule has 0 radical (unpaired) electrons. The van der Waals surface area contributed by atoms with Crippen LogP contribution in [0.1, 0.15) is 35.8 Å². The quantitative estimate of drug-likeness (QED) is 0.835. The molecule has 1 fully saturated rings. The molecule has 1 aliphatic heterocycles. The minimum absolute atomic E-state index is 0.0209. The van der Waals surface area contributed by atoms with Crippen LogP contribution in [0.4, 0.5) is 0 Å². The smallest absolute Gasteiger partial charge is 0.257 e. The SMILES string of the molecule is CCCC(C#N)N1CCN(C(=O)c2cnn(C)c2C)CC1. The van der Waals surface area contributed by atoms with Crippen LogP contribution in [-0.2, 0) is 7.05 Å². The lowest BCUT2D eigenvalue weighted by Crippen LogP contribution is -2.51. The fourth-order valence-electron chi connectivity index (χ4n) is 2.72. The number of carbonyl (C=O) groups excluding carboxylic acids is 1. The lowest BCUT2D eigenvalue weighted by Gasteiger charge is -2.36. The molecule has 6 heteroatoms. The Kier molecular flexibility index (Phi) is 4.97. The molecule has 1 aromatic heterocycles. The van der Waals surface area contributed by atoms with Crippen molar-refractivity contribution in [1.29, 1.82) is 5.26 Å². The Morgan fingerprint density at radius 1 is 1.43 bits per heavy atom. The molecule has 1 aliphatic rings. The zero-order valence-electron chi connectivity index (χ0n) is 13.0. The maximum Gasteiger partial charge on any atom is 0.257 e. The number of nitriles is 1. The van der Waals surface area contributed by atoms with Gasteiger partial charge in [0.15, 0.2) is 0 Å². The monoisotopic (exact) mass is 289 g/mol. The summed E-state index contributed by atoms with van der Waals surface area (Å²) in [6.45, 7) is 6.88. The molecule has 1 amide bonds. The average Bonchev–Trinajstić information content (AvgIpc) is 2.84. The van der Waals surface area contributed by atoms with Gasteiger partial charge in [-0.25, -0.2) is 0 Å². The van der Waals surface area contributed by atoms with E-state index in [0.29, 0.717) is 18.7 Å². The first-order chi connectivity index (χ1) is 10.1. The molecule has 0 bridgehead atoms. The molecule has 0 aromatic carbocycles. The molecule has 1 saturated heterocycles. The molecule has 2 rings (SSSR count). The van der Waals surface area contributed by atoms with E-state index in [1.54, 1.807) is 10.9 Å². The van der Waals surface area contributed by atoms with E-state index in [-0.39, 0.29) is 11.9 Å². The van der Waals surface area contributed by atoms with Gasteiger partial charge in [-0.15, -0.1) is 0 Å². The number of rotatable bonds is 4. The second-order valence-corrected chi connectivity index (χ2v) is 5.53. The van der Waals surface area contributed by atoms with Crippen molar-refractivity contribution in [3.8, 4) is 6.07 Å². The van der Waals surface area contributed by atoms with E-state index in [0.717, 1.165) is 31.6 Å². The van der Waals surface area contributed by atoms with E-state index in [9.17, 15) is 10.1 Å². The van der Waals surface area contributed by atoms with E-state index in [4.69, 9.17) is 0 Å². The van der Waals surface area contributed by atoms with E-state index in [1.807, 2.05) is 18.9 Å². The average molecular weight is 289 g/mol. The van der Waals surface area contributed by atoms with Crippen LogP contribution in [0.5, 0.6) is 0 Å². The van der Waals surface area contributed by atoms with Crippen LogP contribution < -0.4 is 0 Å². The van der Waals surface area contributed by atoms with E-state index in [1.165, 1.54) is 0 Å². The Hall–Kier alpha value is -1.87. The molecule has 1 unspecified atom stereocenters. The van der Waals surface area contributed by atoms with Crippen LogP contribution in [0.15, 0.2) is 6.20 Å². The van der Waals surface area contributed by atoms with Gasteiger partial charge in [0.1, 0.15) is 0 Å². The molecule has 21 heavy (non-hydrogen) atoms. The van der Waals surface area contributed by atoms with Crippen molar-refractivity contribution in [2.75, 3.05) is 26.2 Å². The van der Waals surface area contributed by atoms with Gasteiger partial charge in [-0.3, -0.25) is 14.4 Å². The molecule has 0 spiro atoms. The summed E-state index contributed by atoms with van der Waals surface area (Å²) in [4.78, 5) is 16.5. The van der Waals surface area contributed by atoms with Crippen molar-refractivity contribution in [3.05, 3.63) is 17.5 Å². The maximum atomic E-state index is 12.5. The zero-order valence-corrected chi connectivity index (χ0v) is 13.0. The third-order valence-corrected chi connectivity index (χ3v) is 4.22. The second kappa shape index (κ2) is 6.72. The van der Waals surface area contributed by atoms with E-state index < -0.39 is 0 Å². The van der Waals surface area contributed by atoms with Gasteiger partial charge < -0.3 is 4.90 Å². The van der Waals surface area contributed by atoms with Crippen LogP contribution in [0.25, 0.3) is 0 Å². The van der Waals surface area contributed by atoms with Crippen molar-refractivity contribution in [3.63, 3.8) is 0 Å². The minimum atomic E-state index is -0.0209. The third kappa shape index (κ3) is 3.24. The van der Waals surface area contributed by atoms with E-state index >= 15 is 0 Å². The molecular formula is C15H23N5O. The summed E-state index contributed by atoms with van der Waals surface area (Å²) in [5, 5.41) is 13.3. The number of aryl methyl sites for hydroxylation is 1. The van der Waals surface area contributed by atoms with Gasteiger partial charge in [0.05, 0.1) is 23.9 Å². The molecule has 2 heterocycles. The Labute approximate surface area is 125 Å². The first-order valence-electron chi connectivity index (χ1n) is 7.50. The van der Waals surface area contributed by atoms with Crippen LogP contribution >= 0.6 is 0 Å². The second-order valence-electron chi connectivity index (χ2n) is 5.53. The number of hydrogen-bond donors (Lipinski definition) is 0. The van der Waals surface area contributed by atoms with Crippen molar-refractivity contribution >= 4 is 5.91 Å². The van der Waals surface area contributed by atoms with Crippen LogP contribution in [-0.4, -0.2) is 57.7 Å². The minimum Gasteiger partial charge on any atom is -0.336 e. The number of hydrogen-bond acceptors (Lipinski definition) is 4. The highest BCUT2D eigenvalue weighted by Gasteiger charge is 2.27. The molecule has 0 N–H and O–H groups in total. The predicted octanol–water partition coefficient (Wildman–Crippen LogP) is 1.18. The summed E-state index contributed by atoms with van der Waals surface area (Å²) in [6.07, 6.45) is 3.54. The highest BCUT2D eigenvalue weighted by atomic mass is 16.2. The molecule has 1 aromatic rings. The largest absolute Gasteiger partial charge is 0.336 e. The van der Waals surface area contributed by atoms with Gasteiger partial charge in [0.2, 0.25) is 0 Å². The highest BCUT2D eigenvalue weighted by molar-refractivity contribution is 5.95. The Morgan fingerprint density at radius 3 is 2.57 bits per heavy atom. The van der Waals surface area contributed by atoms with Crippen molar-refractivity contribution in [1.82, 2.24) is 19.6 Å². The summed E-state index contributed by atoms with van der Waals surface area (Å²) in [5.74, 6) is 0.0456. The molecule has 1 atom stereocenters. The van der Waals surface area contributed by atoms with Gasteiger partial charge in [-0.2, -0.15) is 10.4 Å². The Balaban J connectivity index is 1.96. The standard InChI is InChI=1S/C15H23N5O/c1-4-5-13(10-16)19-6-8-20(9-7-19)15(21)14-11-17-18(3)12(14)2/h11,13H,4-9H2,1-3H3. The molecule has 114 valence electrons. The lowest BCUT2D eigenvalue weighted by atomic mass is 10.1. The molecule has 0 saturated carbocycles. The Bertz CT molecular complexity index is 537. The van der Waals surface area contributed by atoms with Crippen LogP contribution in [0.2, 0.25) is 0 Å². The number of carbonyl (C=O) groups is 1. The van der Waals surface area contributed by atoms with Gasteiger partial charge in [0.25, 0.3) is 5.91 Å². The first-order valence-corrected chi connectivity index (χ1v) is 7.50. The first kappa shape index (κ1) is 15.5. The molecule has 0 aliphatic carbocycles. The summed E-state index contributed by atoms with van der Waals surface area (Å²) in [7, 11) is 1.84. The maximum absolute atomic E-state index is 12.5. The fourth-order valence-corrected chi connectivity index (χ4v) is 2.72. The summed E-state index contributed by atoms with van der Waals surface area (Å²) < 4.78 is 1.72. The Morgan fingerprint density at radius 2 is 2.10 bits per heavy atom. The number of aromatic nitrogens is 2. The number of amides is 1.